The third-order valence-corrected chi connectivity index (χ3v) is 7.11. The van der Waals surface area contributed by atoms with Crippen LogP contribution < -0.4 is 5.32 Å². The van der Waals surface area contributed by atoms with E-state index in [-0.39, 0.29) is 34.5 Å². The van der Waals surface area contributed by atoms with E-state index in [1.807, 2.05) is 0 Å². The van der Waals surface area contributed by atoms with Crippen molar-refractivity contribution in [1.29, 1.82) is 0 Å². The molecule has 0 bridgehead atoms. The van der Waals surface area contributed by atoms with Gasteiger partial charge in [-0.3, -0.25) is 4.79 Å². The summed E-state index contributed by atoms with van der Waals surface area (Å²) in [7, 11) is -0.289. The molecule has 1 N–H and O–H groups in total. The van der Waals surface area contributed by atoms with Crippen molar-refractivity contribution in [1.82, 2.24) is 9.62 Å². The lowest BCUT2D eigenvalue weighted by Crippen LogP contribution is -2.49. The van der Waals surface area contributed by atoms with Gasteiger partial charge in [-0.05, 0) is 38.0 Å². The number of hydrogen-bond donors (Lipinski definition) is 1. The van der Waals surface area contributed by atoms with Crippen LogP contribution in [-0.2, 0) is 29.0 Å². The molecule has 1 aromatic carbocycles. The summed E-state index contributed by atoms with van der Waals surface area (Å²) in [6.07, 6.45) is 1.03. The highest BCUT2D eigenvalue weighted by Crippen LogP contribution is 2.29. The number of carbonyl (C=O) groups is 3. The smallest absolute Gasteiger partial charge is 0.337 e. The molecule has 2 rings (SSSR count). The Bertz CT molecular complexity index is 897. The van der Waals surface area contributed by atoms with Crippen LogP contribution in [0, 0.1) is 5.92 Å². The molecule has 1 heterocycles. The van der Waals surface area contributed by atoms with Gasteiger partial charge in [-0.2, -0.15) is 4.31 Å². The van der Waals surface area contributed by atoms with E-state index in [2.05, 4.69) is 14.8 Å². The van der Waals surface area contributed by atoms with Gasteiger partial charge in [0.05, 0.1) is 42.8 Å². The quantitative estimate of drug-likeness (QED) is 0.450. The van der Waals surface area contributed by atoms with Crippen LogP contribution in [0.4, 0.5) is 0 Å². The van der Waals surface area contributed by atoms with Crippen molar-refractivity contribution in [2.24, 2.45) is 5.92 Å². The fraction of sp³-hybridized carbons (Fsp3) is 0.550. The SMILES string of the molecule is COCCNC(=O)[C@H]1CC[C@@H](C)N(S(=O)(=O)c2cc(C(=O)OC)cc(C(=O)OC)c2)C1. The molecule has 1 aromatic rings. The van der Waals surface area contributed by atoms with E-state index in [1.54, 1.807) is 6.92 Å². The van der Waals surface area contributed by atoms with Gasteiger partial charge in [0.25, 0.3) is 0 Å². The third kappa shape index (κ3) is 5.81. The van der Waals surface area contributed by atoms with Crippen molar-refractivity contribution >= 4 is 27.9 Å². The van der Waals surface area contributed by atoms with Crippen LogP contribution in [0.2, 0.25) is 0 Å². The number of methoxy groups -OCH3 is 3. The van der Waals surface area contributed by atoms with Gasteiger partial charge in [-0.25, -0.2) is 18.0 Å². The number of esters is 2. The first-order valence-corrected chi connectivity index (χ1v) is 11.2. The molecule has 1 fully saturated rings. The lowest BCUT2D eigenvalue weighted by Gasteiger charge is -2.36. The molecule has 10 nitrogen and oxygen atoms in total. The second-order valence-corrected chi connectivity index (χ2v) is 9.10. The van der Waals surface area contributed by atoms with Crippen LogP contribution in [0.15, 0.2) is 23.1 Å². The molecule has 1 aliphatic rings. The molecular weight excluding hydrogens is 428 g/mol. The molecule has 31 heavy (non-hydrogen) atoms. The first kappa shape index (κ1) is 24.8. The summed E-state index contributed by atoms with van der Waals surface area (Å²) in [6.45, 7) is 2.42. The fourth-order valence-electron chi connectivity index (χ4n) is 3.40. The monoisotopic (exact) mass is 456 g/mol. The molecule has 2 atom stereocenters. The summed E-state index contributed by atoms with van der Waals surface area (Å²) in [5, 5.41) is 2.74. The molecule has 0 unspecified atom stereocenters. The summed E-state index contributed by atoms with van der Waals surface area (Å²) in [4.78, 5) is 36.2. The number of nitrogens with zero attached hydrogens (tertiary/aromatic N) is 1. The van der Waals surface area contributed by atoms with Crippen LogP contribution >= 0.6 is 0 Å². The second-order valence-electron chi connectivity index (χ2n) is 7.21. The zero-order valence-electron chi connectivity index (χ0n) is 18.0. The number of piperidine rings is 1. The van der Waals surface area contributed by atoms with Gasteiger partial charge in [-0.1, -0.05) is 0 Å². The number of amides is 1. The number of benzene rings is 1. The number of ether oxygens (including phenoxy) is 3. The highest BCUT2D eigenvalue weighted by Gasteiger charge is 2.38. The van der Waals surface area contributed by atoms with Crippen LogP contribution in [0.25, 0.3) is 0 Å². The Labute approximate surface area is 181 Å². The Hall–Kier alpha value is -2.50. The minimum Gasteiger partial charge on any atom is -0.465 e. The normalized spacial score (nSPS) is 19.5. The van der Waals surface area contributed by atoms with E-state index < -0.39 is 27.9 Å². The van der Waals surface area contributed by atoms with Crippen LogP contribution in [0.3, 0.4) is 0 Å². The van der Waals surface area contributed by atoms with Crippen molar-refractivity contribution in [2.75, 3.05) is 41.0 Å². The van der Waals surface area contributed by atoms with Gasteiger partial charge in [0.15, 0.2) is 0 Å². The summed E-state index contributed by atoms with van der Waals surface area (Å²) in [6, 6.07) is 3.16. The zero-order chi connectivity index (χ0) is 23.2. The molecule has 172 valence electrons. The highest BCUT2D eigenvalue weighted by atomic mass is 32.2. The predicted molar refractivity (Wildman–Crippen MR) is 110 cm³/mol. The largest absolute Gasteiger partial charge is 0.465 e. The second kappa shape index (κ2) is 10.7. The minimum absolute atomic E-state index is 0.0156. The minimum atomic E-state index is -4.12. The van der Waals surface area contributed by atoms with Gasteiger partial charge in [-0.15, -0.1) is 0 Å². The molecule has 1 aliphatic heterocycles. The molecule has 0 saturated carbocycles. The lowest BCUT2D eigenvalue weighted by molar-refractivity contribution is -0.126. The van der Waals surface area contributed by atoms with Crippen molar-refractivity contribution in [3.63, 3.8) is 0 Å². The Morgan fingerprint density at radius 3 is 2.13 bits per heavy atom. The summed E-state index contributed by atoms with van der Waals surface area (Å²) in [5.74, 6) is -2.34. The van der Waals surface area contributed by atoms with Crippen molar-refractivity contribution < 1.29 is 37.0 Å². The van der Waals surface area contributed by atoms with Crippen LogP contribution in [0.1, 0.15) is 40.5 Å². The van der Waals surface area contributed by atoms with Crippen molar-refractivity contribution in [3.05, 3.63) is 29.3 Å². The van der Waals surface area contributed by atoms with Gasteiger partial charge in [0, 0.05) is 26.2 Å². The molecule has 1 amide bonds. The first-order chi connectivity index (χ1) is 14.6. The van der Waals surface area contributed by atoms with Gasteiger partial charge in [0.1, 0.15) is 0 Å². The number of nitrogens with one attached hydrogen (secondary N) is 1. The zero-order valence-corrected chi connectivity index (χ0v) is 18.9. The number of rotatable bonds is 8. The van der Waals surface area contributed by atoms with Crippen molar-refractivity contribution in [2.45, 2.75) is 30.7 Å². The predicted octanol–water partition coefficient (Wildman–Crippen LogP) is 0.812. The van der Waals surface area contributed by atoms with Gasteiger partial charge >= 0.3 is 11.9 Å². The molecule has 0 aliphatic carbocycles. The number of hydrogen-bond acceptors (Lipinski definition) is 8. The molecule has 0 aromatic heterocycles. The maximum Gasteiger partial charge on any atom is 0.337 e. The lowest BCUT2D eigenvalue weighted by atomic mass is 9.95. The summed E-state index contributed by atoms with van der Waals surface area (Å²) < 4.78 is 42.3. The molecule has 11 heteroatoms. The van der Waals surface area contributed by atoms with E-state index in [1.165, 1.54) is 17.5 Å². The topological polar surface area (TPSA) is 128 Å². The average molecular weight is 457 g/mol. The van der Waals surface area contributed by atoms with Crippen molar-refractivity contribution in [3.8, 4) is 0 Å². The maximum absolute atomic E-state index is 13.4. The fourth-order valence-corrected chi connectivity index (χ4v) is 5.18. The van der Waals surface area contributed by atoms with E-state index in [0.29, 0.717) is 26.0 Å². The Morgan fingerprint density at radius 1 is 1.03 bits per heavy atom. The Kier molecular flexibility index (Phi) is 8.54. The molecule has 0 spiro atoms. The molecule has 0 radical (unpaired) electrons. The first-order valence-electron chi connectivity index (χ1n) is 9.75. The maximum atomic E-state index is 13.4. The summed E-state index contributed by atoms with van der Waals surface area (Å²) in [5.41, 5.74) is -0.190. The van der Waals surface area contributed by atoms with Gasteiger partial charge in [0.2, 0.25) is 15.9 Å². The molecule has 1 saturated heterocycles. The standard InChI is InChI=1S/C20H28N2O8S/c1-13-5-6-14(18(23)21-7-8-28-2)12-22(13)31(26,27)17-10-15(19(24)29-3)9-16(11-17)20(25)30-4/h9-11,13-14H,5-8,12H2,1-4H3,(H,21,23)/t13-,14+/m1/s1. The Morgan fingerprint density at radius 2 is 1.61 bits per heavy atom. The third-order valence-electron chi connectivity index (χ3n) is 5.16. The molecular formula is C20H28N2O8S. The van der Waals surface area contributed by atoms with Crippen LogP contribution in [-0.4, -0.2) is 77.6 Å². The highest BCUT2D eigenvalue weighted by molar-refractivity contribution is 7.89. The van der Waals surface area contributed by atoms with Gasteiger partial charge < -0.3 is 19.5 Å². The number of carbonyl (C=O) groups excluding carboxylic acids is 3. The number of sulfonamides is 1. The van der Waals surface area contributed by atoms with Crippen LogP contribution in [0.5, 0.6) is 0 Å². The van der Waals surface area contributed by atoms with E-state index in [4.69, 9.17) is 4.74 Å². The van der Waals surface area contributed by atoms with E-state index in [0.717, 1.165) is 26.4 Å². The summed E-state index contributed by atoms with van der Waals surface area (Å²) >= 11 is 0. The Balaban J connectivity index is 2.38. The van der Waals surface area contributed by atoms with E-state index >= 15 is 0 Å². The average Bonchev–Trinajstić information content (AvgIpc) is 2.77. The van der Waals surface area contributed by atoms with E-state index in [9.17, 15) is 22.8 Å².